The summed E-state index contributed by atoms with van der Waals surface area (Å²) in [6.07, 6.45) is 0.984. The molecule has 166 valence electrons. The van der Waals surface area contributed by atoms with Crippen LogP contribution < -0.4 is 10.5 Å². The molecule has 2 aromatic heterocycles. The van der Waals surface area contributed by atoms with Crippen molar-refractivity contribution in [1.82, 2.24) is 15.1 Å². The zero-order valence-corrected chi connectivity index (χ0v) is 19.0. The topological polar surface area (TPSA) is 107 Å². The molecule has 0 aliphatic carbocycles. The van der Waals surface area contributed by atoms with Gasteiger partial charge >= 0.3 is 0 Å². The fourth-order valence-electron chi connectivity index (χ4n) is 3.53. The average molecular weight is 425 g/mol. The molecule has 0 bridgehead atoms. The summed E-state index contributed by atoms with van der Waals surface area (Å²) in [6.45, 7) is 10.7. The molecule has 7 heteroatoms. The molecule has 7 nitrogen and oxygen atoms in total. The maximum absolute atomic E-state index is 9.72. The summed E-state index contributed by atoms with van der Waals surface area (Å²) in [5.74, 6) is 2.29. The van der Waals surface area contributed by atoms with Crippen molar-refractivity contribution in [3.8, 4) is 28.6 Å². The van der Waals surface area contributed by atoms with Gasteiger partial charge in [0.05, 0.1) is 0 Å². The first kappa shape index (κ1) is 22.9. The predicted molar refractivity (Wildman–Crippen MR) is 121 cm³/mol. The van der Waals surface area contributed by atoms with Crippen LogP contribution in [0.1, 0.15) is 43.3 Å². The summed E-state index contributed by atoms with van der Waals surface area (Å²) in [5.41, 5.74) is 11.1. The van der Waals surface area contributed by atoms with Crippen molar-refractivity contribution in [3.05, 3.63) is 46.8 Å². The zero-order chi connectivity index (χ0) is 22.5. The highest BCUT2D eigenvalue weighted by Crippen LogP contribution is 2.31. The first-order chi connectivity index (χ1) is 14.8. The number of benzene rings is 1. The predicted octanol–water partition coefficient (Wildman–Crippen LogP) is 3.87. The molecular formula is C24H32N4O3. The summed E-state index contributed by atoms with van der Waals surface area (Å²) >= 11 is 0. The van der Waals surface area contributed by atoms with E-state index in [-0.39, 0.29) is 13.2 Å². The normalized spacial score (nSPS) is 12.4. The minimum absolute atomic E-state index is 0.163. The number of aromatic nitrogens is 3. The molecule has 1 unspecified atom stereocenters. The Morgan fingerprint density at radius 2 is 1.87 bits per heavy atom. The van der Waals surface area contributed by atoms with Crippen LogP contribution in [0.2, 0.25) is 0 Å². The molecule has 1 aromatic carbocycles. The third-order valence-corrected chi connectivity index (χ3v) is 4.98. The van der Waals surface area contributed by atoms with Gasteiger partial charge in [-0.15, -0.1) is 0 Å². The van der Waals surface area contributed by atoms with Gasteiger partial charge in [-0.25, -0.2) is 0 Å². The van der Waals surface area contributed by atoms with Crippen molar-refractivity contribution < 1.29 is 14.4 Å². The number of hydrogen-bond acceptors (Lipinski definition) is 7. The Kier molecular flexibility index (Phi) is 7.41. The molecule has 0 spiro atoms. The highest BCUT2D eigenvalue weighted by Gasteiger charge is 2.17. The summed E-state index contributed by atoms with van der Waals surface area (Å²) in [4.78, 5) is 9.26. The fraction of sp³-hybridized carbons (Fsp3) is 0.458. The summed E-state index contributed by atoms with van der Waals surface area (Å²) in [5, 5.41) is 13.9. The molecule has 0 radical (unpaired) electrons. The zero-order valence-electron chi connectivity index (χ0n) is 19.0. The summed E-state index contributed by atoms with van der Waals surface area (Å²) < 4.78 is 11.4. The Morgan fingerprint density at radius 1 is 1.10 bits per heavy atom. The van der Waals surface area contributed by atoms with Crippen LogP contribution in [0.3, 0.4) is 0 Å². The first-order valence-electron chi connectivity index (χ1n) is 10.8. The van der Waals surface area contributed by atoms with Crippen molar-refractivity contribution >= 4 is 0 Å². The number of ether oxygens (including phenoxy) is 1. The van der Waals surface area contributed by atoms with Gasteiger partial charge in [-0.2, -0.15) is 4.98 Å². The molecule has 0 fully saturated rings. The molecule has 2 heterocycles. The van der Waals surface area contributed by atoms with Gasteiger partial charge in [-0.1, -0.05) is 25.9 Å². The molecule has 31 heavy (non-hydrogen) atoms. The Labute approximate surface area is 183 Å². The van der Waals surface area contributed by atoms with Gasteiger partial charge in [-0.3, -0.25) is 4.98 Å². The molecule has 0 saturated carbocycles. The Bertz CT molecular complexity index is 1030. The molecule has 0 saturated heterocycles. The van der Waals surface area contributed by atoms with Crippen molar-refractivity contribution in [2.24, 2.45) is 11.7 Å². The molecule has 0 amide bonds. The lowest BCUT2D eigenvalue weighted by atomic mass is 10.0. The quantitative estimate of drug-likeness (QED) is 0.537. The van der Waals surface area contributed by atoms with E-state index in [1.54, 1.807) is 0 Å². The van der Waals surface area contributed by atoms with E-state index in [0.29, 0.717) is 17.6 Å². The van der Waals surface area contributed by atoms with E-state index in [4.69, 9.17) is 15.0 Å². The lowest BCUT2D eigenvalue weighted by Crippen LogP contribution is -2.27. The van der Waals surface area contributed by atoms with E-state index in [1.165, 1.54) is 0 Å². The van der Waals surface area contributed by atoms with Crippen LogP contribution in [-0.4, -0.2) is 39.5 Å². The van der Waals surface area contributed by atoms with Gasteiger partial charge in [0.2, 0.25) is 5.82 Å². The van der Waals surface area contributed by atoms with E-state index in [1.807, 2.05) is 38.1 Å². The summed E-state index contributed by atoms with van der Waals surface area (Å²) in [7, 11) is 0. The van der Waals surface area contributed by atoms with E-state index < -0.39 is 6.10 Å². The number of rotatable bonds is 9. The first-order valence-corrected chi connectivity index (χ1v) is 10.8. The second-order valence-corrected chi connectivity index (χ2v) is 8.35. The number of nitrogens with two attached hydrogens (primary N) is 1. The molecule has 0 aliphatic heterocycles. The molecular weight excluding hydrogens is 392 g/mol. The largest absolute Gasteiger partial charge is 0.490 e. The van der Waals surface area contributed by atoms with Crippen LogP contribution >= 0.6 is 0 Å². The number of hydrogen-bond donors (Lipinski definition) is 2. The second kappa shape index (κ2) is 10.0. The standard InChI is InChI=1S/C24H32N4O3/c1-6-17-10-18(8-15(4)22(17)30-13-21(29)12-25)23-27-24(31-28-23)19-9-16(5)26-20(11-19)7-14(2)3/h8-11,14,21,29H,6-7,12-13,25H2,1-5H3. The third-order valence-electron chi connectivity index (χ3n) is 4.98. The number of aryl methyl sites for hydroxylation is 3. The number of aliphatic hydroxyl groups is 1. The molecule has 3 aromatic rings. The van der Waals surface area contributed by atoms with Crippen LogP contribution in [0.4, 0.5) is 0 Å². The SMILES string of the molecule is CCc1cc(-c2noc(-c3cc(C)nc(CC(C)C)c3)n2)cc(C)c1OCC(O)CN. The maximum atomic E-state index is 9.72. The van der Waals surface area contributed by atoms with Crippen molar-refractivity contribution in [1.29, 1.82) is 0 Å². The van der Waals surface area contributed by atoms with Crippen molar-refractivity contribution in [2.45, 2.75) is 53.6 Å². The van der Waals surface area contributed by atoms with Crippen LogP contribution in [0.15, 0.2) is 28.8 Å². The number of aliphatic hydroxyl groups excluding tert-OH is 1. The monoisotopic (exact) mass is 424 g/mol. The molecule has 3 rings (SSSR count). The number of pyridine rings is 1. The summed E-state index contributed by atoms with van der Waals surface area (Å²) in [6, 6.07) is 7.96. The lowest BCUT2D eigenvalue weighted by molar-refractivity contribution is 0.113. The fourth-order valence-corrected chi connectivity index (χ4v) is 3.53. The van der Waals surface area contributed by atoms with Crippen molar-refractivity contribution in [2.75, 3.05) is 13.2 Å². The third kappa shape index (κ3) is 5.68. The van der Waals surface area contributed by atoms with E-state index >= 15 is 0 Å². The highest BCUT2D eigenvalue weighted by atomic mass is 16.5. The Hall–Kier alpha value is -2.77. The van der Waals surface area contributed by atoms with Gasteiger partial charge in [0, 0.05) is 29.1 Å². The van der Waals surface area contributed by atoms with Crippen LogP contribution in [0.25, 0.3) is 22.8 Å². The van der Waals surface area contributed by atoms with Gasteiger partial charge in [0.1, 0.15) is 18.5 Å². The maximum Gasteiger partial charge on any atom is 0.258 e. The molecule has 1 atom stereocenters. The van der Waals surface area contributed by atoms with E-state index in [9.17, 15) is 5.11 Å². The highest BCUT2D eigenvalue weighted by molar-refractivity contribution is 5.64. The van der Waals surface area contributed by atoms with Gasteiger partial charge in [-0.05, 0) is 68.0 Å². The van der Waals surface area contributed by atoms with Crippen LogP contribution in [-0.2, 0) is 12.8 Å². The smallest absolute Gasteiger partial charge is 0.258 e. The van der Waals surface area contributed by atoms with E-state index in [0.717, 1.165) is 52.2 Å². The molecule has 0 aliphatic rings. The Balaban J connectivity index is 1.90. The van der Waals surface area contributed by atoms with Crippen molar-refractivity contribution in [3.63, 3.8) is 0 Å². The minimum Gasteiger partial charge on any atom is -0.490 e. The van der Waals surface area contributed by atoms with Gasteiger partial charge < -0.3 is 20.1 Å². The minimum atomic E-state index is -0.687. The second-order valence-electron chi connectivity index (χ2n) is 8.35. The van der Waals surface area contributed by atoms with Crippen LogP contribution in [0.5, 0.6) is 5.75 Å². The van der Waals surface area contributed by atoms with Gasteiger partial charge in [0.25, 0.3) is 5.89 Å². The van der Waals surface area contributed by atoms with Crippen LogP contribution in [0, 0.1) is 19.8 Å². The number of nitrogens with zero attached hydrogens (tertiary/aromatic N) is 3. The van der Waals surface area contributed by atoms with E-state index in [2.05, 4.69) is 35.9 Å². The Morgan fingerprint density at radius 3 is 2.55 bits per heavy atom. The lowest BCUT2D eigenvalue weighted by Gasteiger charge is -2.16. The molecule has 3 N–H and O–H groups in total. The average Bonchev–Trinajstić information content (AvgIpc) is 3.21. The van der Waals surface area contributed by atoms with Gasteiger partial charge in [0.15, 0.2) is 0 Å².